The third kappa shape index (κ3) is 4.83. The van der Waals surface area contributed by atoms with Gasteiger partial charge in [0.15, 0.2) is 0 Å². The maximum Gasteiger partial charge on any atom is 0.140 e. The highest BCUT2D eigenvalue weighted by molar-refractivity contribution is 4.87. The molecule has 1 aromatic heterocycles. The Kier molecular flexibility index (Phi) is 5.08. The first-order valence-electron chi connectivity index (χ1n) is 6.17. The molecule has 0 aliphatic carbocycles. The van der Waals surface area contributed by atoms with E-state index in [-0.39, 0.29) is 12.1 Å². The summed E-state index contributed by atoms with van der Waals surface area (Å²) in [6.07, 6.45) is 2.32. The Morgan fingerprint density at radius 2 is 2.18 bits per heavy atom. The van der Waals surface area contributed by atoms with Gasteiger partial charge in [-0.15, -0.1) is 0 Å². The lowest BCUT2D eigenvalue weighted by Crippen LogP contribution is -2.40. The molecule has 0 atom stereocenters. The van der Waals surface area contributed by atoms with Crippen LogP contribution >= 0.6 is 0 Å². The molecule has 0 fully saturated rings. The SMILES string of the molecule is CC(C)Cn1ncnc1CNC(C)(C)CCO. The van der Waals surface area contributed by atoms with Crippen molar-refractivity contribution < 1.29 is 5.11 Å². The van der Waals surface area contributed by atoms with Crippen LogP contribution in [-0.4, -0.2) is 32.0 Å². The van der Waals surface area contributed by atoms with Crippen molar-refractivity contribution in [1.29, 1.82) is 0 Å². The number of nitrogens with one attached hydrogen (secondary N) is 1. The number of rotatable bonds is 7. The first kappa shape index (κ1) is 14.1. The van der Waals surface area contributed by atoms with Crippen molar-refractivity contribution in [3.8, 4) is 0 Å². The van der Waals surface area contributed by atoms with E-state index in [9.17, 15) is 0 Å². The molecule has 5 heteroatoms. The van der Waals surface area contributed by atoms with Crippen molar-refractivity contribution in [3.63, 3.8) is 0 Å². The highest BCUT2D eigenvalue weighted by atomic mass is 16.3. The minimum atomic E-state index is -0.0800. The van der Waals surface area contributed by atoms with E-state index in [0.717, 1.165) is 18.8 Å². The molecule has 2 N–H and O–H groups in total. The topological polar surface area (TPSA) is 63.0 Å². The highest BCUT2D eigenvalue weighted by Gasteiger charge is 2.17. The Morgan fingerprint density at radius 1 is 1.47 bits per heavy atom. The lowest BCUT2D eigenvalue weighted by Gasteiger charge is -2.25. The van der Waals surface area contributed by atoms with E-state index in [0.29, 0.717) is 12.5 Å². The van der Waals surface area contributed by atoms with Gasteiger partial charge < -0.3 is 10.4 Å². The Hall–Kier alpha value is -0.940. The second-order valence-electron chi connectivity index (χ2n) is 5.46. The van der Waals surface area contributed by atoms with Gasteiger partial charge in [0.05, 0.1) is 6.54 Å². The summed E-state index contributed by atoms with van der Waals surface area (Å²) in [7, 11) is 0. The molecule has 17 heavy (non-hydrogen) atoms. The molecule has 98 valence electrons. The van der Waals surface area contributed by atoms with Crippen LogP contribution in [0.2, 0.25) is 0 Å². The van der Waals surface area contributed by atoms with Gasteiger partial charge in [-0.2, -0.15) is 5.10 Å². The fourth-order valence-electron chi connectivity index (χ4n) is 1.61. The van der Waals surface area contributed by atoms with Crippen LogP contribution in [0.15, 0.2) is 6.33 Å². The zero-order valence-corrected chi connectivity index (χ0v) is 11.3. The first-order valence-corrected chi connectivity index (χ1v) is 6.17. The summed E-state index contributed by atoms with van der Waals surface area (Å²) in [5, 5.41) is 16.6. The molecule has 0 aromatic carbocycles. The minimum Gasteiger partial charge on any atom is -0.396 e. The molecule has 0 amide bonds. The van der Waals surface area contributed by atoms with E-state index in [1.807, 2.05) is 4.68 Å². The molecule has 1 heterocycles. The van der Waals surface area contributed by atoms with E-state index in [1.165, 1.54) is 0 Å². The second-order valence-corrected chi connectivity index (χ2v) is 5.46. The third-order valence-corrected chi connectivity index (χ3v) is 2.70. The molecule has 1 aromatic rings. The number of aliphatic hydroxyl groups is 1. The Balaban J connectivity index is 2.54. The molecule has 0 radical (unpaired) electrons. The van der Waals surface area contributed by atoms with Crippen LogP contribution in [0, 0.1) is 5.92 Å². The molecule has 1 rings (SSSR count). The highest BCUT2D eigenvalue weighted by Crippen LogP contribution is 2.09. The number of hydrogen-bond acceptors (Lipinski definition) is 4. The van der Waals surface area contributed by atoms with Gasteiger partial charge in [0.25, 0.3) is 0 Å². The van der Waals surface area contributed by atoms with Crippen molar-refractivity contribution in [2.45, 2.75) is 52.7 Å². The summed E-state index contributed by atoms with van der Waals surface area (Å²) >= 11 is 0. The normalized spacial score (nSPS) is 12.4. The van der Waals surface area contributed by atoms with E-state index in [1.54, 1.807) is 6.33 Å². The third-order valence-electron chi connectivity index (χ3n) is 2.70. The van der Waals surface area contributed by atoms with Crippen LogP contribution in [0.4, 0.5) is 0 Å². The molecule has 0 aliphatic heterocycles. The van der Waals surface area contributed by atoms with Crippen LogP contribution < -0.4 is 5.32 Å². The van der Waals surface area contributed by atoms with Crippen LogP contribution in [0.1, 0.15) is 39.9 Å². The largest absolute Gasteiger partial charge is 0.396 e. The van der Waals surface area contributed by atoms with Crippen LogP contribution in [0.3, 0.4) is 0 Å². The molecule has 0 unspecified atom stereocenters. The van der Waals surface area contributed by atoms with Crippen molar-refractivity contribution >= 4 is 0 Å². The molecule has 0 aliphatic rings. The Labute approximate surface area is 103 Å². The van der Waals surface area contributed by atoms with Gasteiger partial charge in [0.2, 0.25) is 0 Å². The zero-order chi connectivity index (χ0) is 12.9. The molecule has 5 nitrogen and oxygen atoms in total. The van der Waals surface area contributed by atoms with Crippen molar-refractivity contribution in [1.82, 2.24) is 20.1 Å². The first-order chi connectivity index (χ1) is 7.94. The zero-order valence-electron chi connectivity index (χ0n) is 11.3. The number of aliphatic hydroxyl groups excluding tert-OH is 1. The summed E-state index contributed by atoms with van der Waals surface area (Å²) in [5.41, 5.74) is -0.0800. The van der Waals surface area contributed by atoms with Gasteiger partial charge in [0.1, 0.15) is 12.2 Å². The van der Waals surface area contributed by atoms with E-state index in [2.05, 4.69) is 43.1 Å². The van der Waals surface area contributed by atoms with E-state index < -0.39 is 0 Å². The maximum atomic E-state index is 8.96. The van der Waals surface area contributed by atoms with Crippen molar-refractivity contribution in [3.05, 3.63) is 12.2 Å². The van der Waals surface area contributed by atoms with Crippen LogP contribution in [0.5, 0.6) is 0 Å². The maximum absolute atomic E-state index is 8.96. The van der Waals surface area contributed by atoms with Gasteiger partial charge >= 0.3 is 0 Å². The average molecular weight is 240 g/mol. The van der Waals surface area contributed by atoms with Crippen LogP contribution in [0.25, 0.3) is 0 Å². The second kappa shape index (κ2) is 6.12. The lowest BCUT2D eigenvalue weighted by atomic mass is 10.0. The summed E-state index contributed by atoms with van der Waals surface area (Å²) < 4.78 is 1.94. The predicted molar refractivity (Wildman–Crippen MR) is 67.5 cm³/mol. The van der Waals surface area contributed by atoms with Gasteiger partial charge in [-0.1, -0.05) is 13.8 Å². The molecular formula is C12H24N4O. The molecule has 0 saturated heterocycles. The monoisotopic (exact) mass is 240 g/mol. The van der Waals surface area contributed by atoms with Crippen molar-refractivity contribution in [2.24, 2.45) is 5.92 Å². The fourth-order valence-corrected chi connectivity index (χ4v) is 1.61. The Morgan fingerprint density at radius 3 is 2.76 bits per heavy atom. The number of nitrogens with zero attached hydrogens (tertiary/aromatic N) is 3. The predicted octanol–water partition coefficient (Wildman–Crippen LogP) is 1.18. The van der Waals surface area contributed by atoms with Gasteiger partial charge in [0, 0.05) is 18.7 Å². The lowest BCUT2D eigenvalue weighted by molar-refractivity contribution is 0.228. The van der Waals surface area contributed by atoms with E-state index in [4.69, 9.17) is 5.11 Å². The van der Waals surface area contributed by atoms with E-state index >= 15 is 0 Å². The summed E-state index contributed by atoms with van der Waals surface area (Å²) in [6, 6.07) is 0. The summed E-state index contributed by atoms with van der Waals surface area (Å²) in [5.74, 6) is 1.51. The Bertz CT molecular complexity index is 333. The van der Waals surface area contributed by atoms with Crippen molar-refractivity contribution in [2.75, 3.05) is 6.61 Å². The molecule has 0 bridgehead atoms. The molecule has 0 saturated carbocycles. The number of hydrogen-bond donors (Lipinski definition) is 2. The standard InChI is InChI=1S/C12H24N4O/c1-10(2)8-16-11(13-9-15-16)7-14-12(3,4)5-6-17/h9-10,14,17H,5-8H2,1-4H3. The van der Waals surface area contributed by atoms with Gasteiger partial charge in [-0.25, -0.2) is 9.67 Å². The van der Waals surface area contributed by atoms with Crippen LogP contribution in [-0.2, 0) is 13.1 Å². The molecular weight excluding hydrogens is 216 g/mol. The minimum absolute atomic E-state index is 0.0800. The smallest absolute Gasteiger partial charge is 0.140 e. The quantitative estimate of drug-likeness (QED) is 0.751. The van der Waals surface area contributed by atoms with Gasteiger partial charge in [-0.3, -0.25) is 0 Å². The van der Waals surface area contributed by atoms with Gasteiger partial charge in [-0.05, 0) is 26.2 Å². The number of aromatic nitrogens is 3. The average Bonchev–Trinajstić information content (AvgIpc) is 2.61. The fraction of sp³-hybridized carbons (Fsp3) is 0.833. The molecule has 0 spiro atoms. The summed E-state index contributed by atoms with van der Waals surface area (Å²) in [4.78, 5) is 4.26. The summed E-state index contributed by atoms with van der Waals surface area (Å²) in [6.45, 7) is 10.2.